The van der Waals surface area contributed by atoms with Crippen molar-refractivity contribution in [2.75, 3.05) is 13.2 Å². The van der Waals surface area contributed by atoms with Crippen LogP contribution in [0, 0.1) is 44.3 Å². The maximum absolute atomic E-state index is 11.9. The molecule has 1 saturated heterocycles. The molecule has 5 fully saturated rings. The van der Waals surface area contributed by atoms with Crippen LogP contribution in [0.15, 0.2) is 23.3 Å². The molecule has 14 atom stereocenters. The fourth-order valence-electron chi connectivity index (χ4n) is 11.6. The van der Waals surface area contributed by atoms with E-state index in [-0.39, 0.29) is 46.7 Å². The first kappa shape index (κ1) is 33.1. The van der Waals surface area contributed by atoms with Crippen LogP contribution in [0.2, 0.25) is 0 Å². The molecule has 6 N–H and O–H groups in total. The summed E-state index contributed by atoms with van der Waals surface area (Å²) in [5.41, 5.74) is 1.18. The molecule has 8 nitrogen and oxygen atoms in total. The predicted octanol–water partition coefficient (Wildman–Crippen LogP) is 3.86. The summed E-state index contributed by atoms with van der Waals surface area (Å²) in [5.74, 6) is 0.235. The molecule has 0 aromatic carbocycles. The minimum absolute atomic E-state index is 0.0137. The van der Waals surface area contributed by atoms with Crippen LogP contribution in [0.3, 0.4) is 0 Å². The second kappa shape index (κ2) is 10.6. The van der Waals surface area contributed by atoms with Crippen molar-refractivity contribution in [3.63, 3.8) is 0 Å². The molecule has 6 aliphatic rings. The van der Waals surface area contributed by atoms with Crippen molar-refractivity contribution in [1.29, 1.82) is 0 Å². The number of fused-ring (bicyclic) bond motifs is 7. The molecule has 1 unspecified atom stereocenters. The van der Waals surface area contributed by atoms with Crippen LogP contribution >= 0.6 is 0 Å². The van der Waals surface area contributed by atoms with Crippen molar-refractivity contribution in [2.24, 2.45) is 44.3 Å². The summed E-state index contributed by atoms with van der Waals surface area (Å²) >= 11 is 0. The average Bonchev–Trinajstić information content (AvgIpc) is 2.96. The number of aliphatic hydroxyl groups excluding tert-OH is 6. The van der Waals surface area contributed by atoms with Gasteiger partial charge in [-0.15, -0.1) is 0 Å². The summed E-state index contributed by atoms with van der Waals surface area (Å²) in [6.45, 7) is 15.4. The Kier molecular flexibility index (Phi) is 7.95. The molecule has 8 heteroatoms. The van der Waals surface area contributed by atoms with Crippen molar-refractivity contribution in [2.45, 2.75) is 143 Å². The highest BCUT2D eigenvalue weighted by Gasteiger charge is 2.68. The zero-order valence-electron chi connectivity index (χ0n) is 27.9. The van der Waals surface area contributed by atoms with Gasteiger partial charge in [0.1, 0.15) is 18.3 Å². The van der Waals surface area contributed by atoms with Crippen LogP contribution in [0.5, 0.6) is 0 Å². The van der Waals surface area contributed by atoms with Gasteiger partial charge in [0.25, 0.3) is 0 Å². The maximum atomic E-state index is 11.9. The van der Waals surface area contributed by atoms with Crippen molar-refractivity contribution in [3.8, 4) is 0 Å². The molecular weight excluding hydrogens is 560 g/mol. The van der Waals surface area contributed by atoms with Gasteiger partial charge in [-0.2, -0.15) is 0 Å². The first-order chi connectivity index (χ1) is 20.4. The van der Waals surface area contributed by atoms with Gasteiger partial charge in [-0.25, -0.2) is 0 Å². The highest BCUT2D eigenvalue weighted by molar-refractivity contribution is 5.46. The molecule has 1 heterocycles. The van der Waals surface area contributed by atoms with E-state index in [1.165, 1.54) is 11.1 Å². The topological polar surface area (TPSA) is 140 Å². The van der Waals surface area contributed by atoms with Crippen LogP contribution < -0.4 is 0 Å². The third-order valence-electron chi connectivity index (χ3n) is 14.8. The van der Waals surface area contributed by atoms with E-state index >= 15 is 0 Å². The molecule has 250 valence electrons. The third kappa shape index (κ3) is 4.31. The Labute approximate surface area is 263 Å². The molecule has 0 amide bonds. The summed E-state index contributed by atoms with van der Waals surface area (Å²) in [7, 11) is 0. The zero-order valence-corrected chi connectivity index (χ0v) is 27.9. The molecule has 0 spiro atoms. The van der Waals surface area contributed by atoms with Crippen LogP contribution in [0.1, 0.15) is 99.8 Å². The molecule has 1 aliphatic heterocycles. The molecule has 6 rings (SSSR count). The standard InChI is InChI=1S/C36H58O8/c1-20-27(40)28(41)29(42)30(43-20)44-26-11-12-32(4)23(33(26,5)18-37)10-13-34(6)24(32)9-8-21-22-16-31(2,3)14-15-36(22,19-38)25(39)17-35(21,34)7/h8-9,20,22-23,25-30,37-42H,10-19H2,1-7H3/t20-,22+,23?,25+,26+,27+,28+,29-,30+,32+,33+,34-,35-,36-/m0/s1. The number of ether oxygens (including phenoxy) is 2. The highest BCUT2D eigenvalue weighted by atomic mass is 16.7. The highest BCUT2D eigenvalue weighted by Crippen LogP contribution is 2.74. The van der Waals surface area contributed by atoms with E-state index in [0.717, 1.165) is 38.5 Å². The lowest BCUT2D eigenvalue weighted by Gasteiger charge is -2.69. The van der Waals surface area contributed by atoms with Gasteiger partial charge in [0.15, 0.2) is 6.29 Å². The van der Waals surface area contributed by atoms with E-state index in [9.17, 15) is 30.6 Å². The lowest BCUT2D eigenvalue weighted by molar-refractivity contribution is -0.323. The second-order valence-corrected chi connectivity index (χ2v) is 17.4. The Morgan fingerprint density at radius 2 is 1.50 bits per heavy atom. The van der Waals surface area contributed by atoms with E-state index in [0.29, 0.717) is 12.8 Å². The van der Waals surface area contributed by atoms with Crippen molar-refractivity contribution in [3.05, 3.63) is 23.3 Å². The molecule has 0 radical (unpaired) electrons. The van der Waals surface area contributed by atoms with Crippen molar-refractivity contribution < 1.29 is 40.1 Å². The molecule has 44 heavy (non-hydrogen) atoms. The summed E-state index contributed by atoms with van der Waals surface area (Å²) in [6.07, 6.45) is 4.75. The number of rotatable bonds is 4. The van der Waals surface area contributed by atoms with E-state index in [2.05, 4.69) is 53.7 Å². The monoisotopic (exact) mass is 618 g/mol. The lowest BCUT2D eigenvalue weighted by Crippen LogP contribution is -2.65. The molecular formula is C36H58O8. The van der Waals surface area contributed by atoms with Gasteiger partial charge >= 0.3 is 0 Å². The molecule has 0 aromatic rings. The SMILES string of the molecule is C[C@@H]1O[C@H](O[C@@H]2CC[C@@]3(C)C4=CC=C5[C@H]6CC(C)(C)CC[C@@]6(CO)[C@H](O)C[C@]5(C)[C@@]4(C)CCC3[C@@]2(C)CO)[C@@H](O)[C@H](O)[C@@H]1O. The lowest BCUT2D eigenvalue weighted by atomic mass is 9.35. The van der Waals surface area contributed by atoms with Gasteiger partial charge in [-0.05, 0) is 86.4 Å². The van der Waals surface area contributed by atoms with Gasteiger partial charge in [-0.3, -0.25) is 0 Å². The predicted molar refractivity (Wildman–Crippen MR) is 166 cm³/mol. The van der Waals surface area contributed by atoms with Gasteiger partial charge in [0.2, 0.25) is 0 Å². The normalized spacial score (nSPS) is 55.1. The van der Waals surface area contributed by atoms with Crippen molar-refractivity contribution in [1.82, 2.24) is 0 Å². The van der Waals surface area contributed by atoms with E-state index in [1.807, 2.05) is 0 Å². The Morgan fingerprint density at radius 1 is 0.795 bits per heavy atom. The average molecular weight is 619 g/mol. The fraction of sp³-hybridized carbons (Fsp3) is 0.889. The summed E-state index contributed by atoms with van der Waals surface area (Å²) in [6, 6.07) is 0. The number of allylic oxidation sites excluding steroid dienone is 4. The van der Waals surface area contributed by atoms with Gasteiger partial charge in [-0.1, -0.05) is 64.8 Å². The van der Waals surface area contributed by atoms with E-state index in [4.69, 9.17) is 9.47 Å². The summed E-state index contributed by atoms with van der Waals surface area (Å²) < 4.78 is 12.2. The third-order valence-corrected chi connectivity index (χ3v) is 14.8. The summed E-state index contributed by atoms with van der Waals surface area (Å²) in [4.78, 5) is 0. The Morgan fingerprint density at radius 3 is 2.16 bits per heavy atom. The molecule has 0 bridgehead atoms. The Balaban J connectivity index is 1.36. The Hall–Kier alpha value is -0.840. The Bertz CT molecular complexity index is 1200. The molecule has 4 saturated carbocycles. The smallest absolute Gasteiger partial charge is 0.186 e. The largest absolute Gasteiger partial charge is 0.396 e. The second-order valence-electron chi connectivity index (χ2n) is 17.4. The molecule has 5 aliphatic carbocycles. The first-order valence-corrected chi connectivity index (χ1v) is 17.1. The van der Waals surface area contributed by atoms with Crippen LogP contribution in [-0.4, -0.2) is 86.8 Å². The van der Waals surface area contributed by atoms with E-state index in [1.54, 1.807) is 6.92 Å². The molecule has 0 aromatic heterocycles. The van der Waals surface area contributed by atoms with E-state index < -0.39 is 53.7 Å². The fourth-order valence-corrected chi connectivity index (χ4v) is 11.6. The van der Waals surface area contributed by atoms with Crippen LogP contribution in [0.4, 0.5) is 0 Å². The first-order valence-electron chi connectivity index (χ1n) is 17.1. The summed E-state index contributed by atoms with van der Waals surface area (Å²) in [5, 5.41) is 65.0. The van der Waals surface area contributed by atoms with Crippen LogP contribution in [-0.2, 0) is 9.47 Å². The maximum Gasteiger partial charge on any atom is 0.186 e. The number of hydrogen-bond donors (Lipinski definition) is 6. The van der Waals surface area contributed by atoms with Gasteiger partial charge < -0.3 is 40.1 Å². The number of aliphatic hydroxyl groups is 6. The minimum Gasteiger partial charge on any atom is -0.396 e. The van der Waals surface area contributed by atoms with Gasteiger partial charge in [0.05, 0.1) is 31.5 Å². The van der Waals surface area contributed by atoms with Gasteiger partial charge in [0, 0.05) is 16.2 Å². The number of hydrogen-bond acceptors (Lipinski definition) is 8. The van der Waals surface area contributed by atoms with Crippen molar-refractivity contribution >= 4 is 0 Å². The minimum atomic E-state index is -1.38. The quantitative estimate of drug-likeness (QED) is 0.261. The zero-order chi connectivity index (χ0) is 32.3. The van der Waals surface area contributed by atoms with Crippen LogP contribution in [0.25, 0.3) is 0 Å².